The van der Waals surface area contributed by atoms with E-state index in [2.05, 4.69) is 10.9 Å². The summed E-state index contributed by atoms with van der Waals surface area (Å²) in [6.45, 7) is 3.52. The molecule has 148 valence electrons. The lowest BCUT2D eigenvalue weighted by Gasteiger charge is -2.12. The van der Waals surface area contributed by atoms with Crippen LogP contribution in [0.1, 0.15) is 35.7 Å². The van der Waals surface area contributed by atoms with E-state index in [9.17, 15) is 9.59 Å². The molecule has 7 nitrogen and oxygen atoms in total. The summed E-state index contributed by atoms with van der Waals surface area (Å²) < 4.78 is 16.4. The number of hydrazine groups is 1. The van der Waals surface area contributed by atoms with Gasteiger partial charge in [0.15, 0.2) is 0 Å². The Kier molecular flexibility index (Phi) is 6.86. The topological polar surface area (TPSA) is 85.9 Å². The van der Waals surface area contributed by atoms with Crippen LogP contribution in [0.2, 0.25) is 0 Å². The van der Waals surface area contributed by atoms with Crippen molar-refractivity contribution in [3.8, 4) is 11.5 Å². The third-order valence-corrected chi connectivity index (χ3v) is 4.28. The predicted octanol–water partition coefficient (Wildman–Crippen LogP) is 2.60. The number of rotatable bonds is 7. The number of ether oxygens (including phenoxy) is 3. The zero-order valence-electron chi connectivity index (χ0n) is 15.8. The van der Waals surface area contributed by atoms with E-state index in [0.29, 0.717) is 31.8 Å². The second-order valence-electron chi connectivity index (χ2n) is 6.34. The van der Waals surface area contributed by atoms with Crippen LogP contribution in [0.25, 0.3) is 0 Å². The van der Waals surface area contributed by atoms with Gasteiger partial charge in [-0.15, -0.1) is 0 Å². The lowest BCUT2D eigenvalue weighted by Crippen LogP contribution is -2.46. The largest absolute Gasteiger partial charge is 0.494 e. The van der Waals surface area contributed by atoms with Gasteiger partial charge in [-0.05, 0) is 61.7 Å². The molecule has 28 heavy (non-hydrogen) atoms. The Bertz CT molecular complexity index is 783. The Morgan fingerprint density at radius 3 is 2.29 bits per heavy atom. The zero-order chi connectivity index (χ0) is 19.8. The van der Waals surface area contributed by atoms with Crippen LogP contribution in [0, 0.1) is 0 Å². The molecule has 1 aliphatic rings. The molecule has 1 saturated heterocycles. The Morgan fingerprint density at radius 1 is 1.00 bits per heavy atom. The average Bonchev–Trinajstić information content (AvgIpc) is 3.27. The molecule has 0 aromatic heterocycles. The minimum atomic E-state index is -0.484. The fraction of sp³-hybridized carbons (Fsp3) is 0.333. The first-order chi connectivity index (χ1) is 13.7. The first-order valence-electron chi connectivity index (χ1n) is 9.32. The van der Waals surface area contributed by atoms with Gasteiger partial charge in [0.1, 0.15) is 24.2 Å². The van der Waals surface area contributed by atoms with E-state index >= 15 is 0 Å². The van der Waals surface area contributed by atoms with Crippen molar-refractivity contribution >= 4 is 11.8 Å². The van der Waals surface area contributed by atoms with Crippen molar-refractivity contribution in [2.75, 3.05) is 13.2 Å². The molecule has 1 fully saturated rings. The molecular weight excluding hydrogens is 360 g/mol. The lowest BCUT2D eigenvalue weighted by atomic mass is 10.1. The zero-order valence-corrected chi connectivity index (χ0v) is 15.8. The van der Waals surface area contributed by atoms with E-state index in [1.807, 2.05) is 43.3 Å². The monoisotopic (exact) mass is 384 g/mol. The van der Waals surface area contributed by atoms with E-state index in [-0.39, 0.29) is 11.8 Å². The summed E-state index contributed by atoms with van der Waals surface area (Å²) in [5.41, 5.74) is 6.17. The number of hydrogen-bond donors (Lipinski definition) is 2. The summed E-state index contributed by atoms with van der Waals surface area (Å²) >= 11 is 0. The standard InChI is InChI=1S/C21H24N2O5/c1-2-26-17-9-11-18(12-10-17)28-14-15-5-7-16(8-6-15)20(24)22-23-21(25)19-4-3-13-27-19/h5-12,19H,2-4,13-14H2,1H3,(H,22,24)(H,23,25). The summed E-state index contributed by atoms with van der Waals surface area (Å²) in [6, 6.07) is 14.4. The molecule has 2 N–H and O–H groups in total. The average molecular weight is 384 g/mol. The Balaban J connectivity index is 1.45. The van der Waals surface area contributed by atoms with Gasteiger partial charge in [0.05, 0.1) is 6.61 Å². The van der Waals surface area contributed by atoms with E-state index in [1.54, 1.807) is 12.1 Å². The van der Waals surface area contributed by atoms with Crippen LogP contribution in [0.5, 0.6) is 11.5 Å². The highest BCUT2D eigenvalue weighted by atomic mass is 16.5. The molecule has 3 rings (SSSR count). The van der Waals surface area contributed by atoms with Gasteiger partial charge < -0.3 is 14.2 Å². The lowest BCUT2D eigenvalue weighted by molar-refractivity contribution is -0.130. The summed E-state index contributed by atoms with van der Waals surface area (Å²) in [7, 11) is 0. The Morgan fingerprint density at radius 2 is 1.68 bits per heavy atom. The third kappa shape index (κ3) is 5.47. The van der Waals surface area contributed by atoms with Gasteiger partial charge in [0.25, 0.3) is 11.8 Å². The van der Waals surface area contributed by atoms with Crippen molar-refractivity contribution in [2.45, 2.75) is 32.5 Å². The summed E-state index contributed by atoms with van der Waals surface area (Å²) in [4.78, 5) is 24.0. The van der Waals surface area contributed by atoms with Gasteiger partial charge in [-0.1, -0.05) is 12.1 Å². The molecule has 1 atom stereocenters. The van der Waals surface area contributed by atoms with Crippen LogP contribution in [-0.2, 0) is 16.1 Å². The number of benzene rings is 2. The van der Waals surface area contributed by atoms with Crippen LogP contribution < -0.4 is 20.3 Å². The molecule has 0 aliphatic carbocycles. The van der Waals surface area contributed by atoms with E-state index in [1.165, 1.54) is 0 Å². The smallest absolute Gasteiger partial charge is 0.269 e. The summed E-state index contributed by atoms with van der Waals surface area (Å²) in [6.07, 6.45) is 1.04. The molecule has 1 unspecified atom stereocenters. The molecule has 2 aromatic carbocycles. The minimum Gasteiger partial charge on any atom is -0.494 e. The summed E-state index contributed by atoms with van der Waals surface area (Å²) in [5, 5.41) is 0. The van der Waals surface area contributed by atoms with Crippen molar-refractivity contribution in [1.82, 2.24) is 10.9 Å². The van der Waals surface area contributed by atoms with Crippen LogP contribution in [0.4, 0.5) is 0 Å². The van der Waals surface area contributed by atoms with E-state index in [0.717, 1.165) is 23.5 Å². The molecule has 0 bridgehead atoms. The molecule has 2 aromatic rings. The third-order valence-electron chi connectivity index (χ3n) is 4.28. The van der Waals surface area contributed by atoms with Crippen molar-refractivity contribution in [1.29, 1.82) is 0 Å². The molecular formula is C21H24N2O5. The van der Waals surface area contributed by atoms with Crippen LogP contribution in [-0.4, -0.2) is 31.1 Å². The fourth-order valence-electron chi connectivity index (χ4n) is 2.77. The molecule has 1 heterocycles. The molecule has 0 spiro atoms. The maximum atomic E-state index is 12.1. The summed E-state index contributed by atoms with van der Waals surface area (Å²) in [5.74, 6) is 0.829. The fourth-order valence-corrected chi connectivity index (χ4v) is 2.77. The number of hydrogen-bond acceptors (Lipinski definition) is 5. The van der Waals surface area contributed by atoms with Crippen LogP contribution >= 0.6 is 0 Å². The first kappa shape index (κ1) is 19.7. The van der Waals surface area contributed by atoms with Gasteiger partial charge in [0.2, 0.25) is 0 Å². The van der Waals surface area contributed by atoms with Crippen molar-refractivity contribution in [3.05, 3.63) is 59.7 Å². The van der Waals surface area contributed by atoms with Crippen LogP contribution in [0.3, 0.4) is 0 Å². The van der Waals surface area contributed by atoms with Gasteiger partial charge in [0, 0.05) is 12.2 Å². The van der Waals surface area contributed by atoms with Crippen molar-refractivity contribution in [3.63, 3.8) is 0 Å². The SMILES string of the molecule is CCOc1ccc(OCc2ccc(C(=O)NNC(=O)C3CCCO3)cc2)cc1. The number of carbonyl (C=O) groups excluding carboxylic acids is 2. The molecule has 1 aliphatic heterocycles. The maximum absolute atomic E-state index is 12.1. The Hall–Kier alpha value is -3.06. The minimum absolute atomic E-state index is 0.328. The quantitative estimate of drug-likeness (QED) is 0.717. The number of amides is 2. The second kappa shape index (κ2) is 9.75. The Labute approximate surface area is 164 Å². The highest BCUT2D eigenvalue weighted by molar-refractivity contribution is 5.95. The highest BCUT2D eigenvalue weighted by Crippen LogP contribution is 2.19. The van der Waals surface area contributed by atoms with E-state index < -0.39 is 6.10 Å². The second-order valence-corrected chi connectivity index (χ2v) is 6.34. The van der Waals surface area contributed by atoms with Gasteiger partial charge in [-0.25, -0.2) is 0 Å². The van der Waals surface area contributed by atoms with Gasteiger partial charge >= 0.3 is 0 Å². The van der Waals surface area contributed by atoms with Gasteiger partial charge in [-0.2, -0.15) is 0 Å². The highest BCUT2D eigenvalue weighted by Gasteiger charge is 2.23. The number of nitrogens with one attached hydrogen (secondary N) is 2. The number of carbonyl (C=O) groups is 2. The first-order valence-corrected chi connectivity index (χ1v) is 9.32. The molecule has 2 amide bonds. The van der Waals surface area contributed by atoms with Gasteiger partial charge in [-0.3, -0.25) is 20.4 Å². The van der Waals surface area contributed by atoms with Crippen molar-refractivity contribution in [2.24, 2.45) is 0 Å². The maximum Gasteiger partial charge on any atom is 0.269 e. The van der Waals surface area contributed by atoms with Crippen LogP contribution in [0.15, 0.2) is 48.5 Å². The normalized spacial score (nSPS) is 15.7. The molecule has 7 heteroatoms. The molecule has 0 radical (unpaired) electrons. The van der Waals surface area contributed by atoms with E-state index in [4.69, 9.17) is 14.2 Å². The predicted molar refractivity (Wildman–Crippen MR) is 103 cm³/mol. The van der Waals surface area contributed by atoms with Crippen molar-refractivity contribution < 1.29 is 23.8 Å². The molecule has 0 saturated carbocycles.